The molecule has 0 spiro atoms. The van der Waals surface area contributed by atoms with E-state index in [1.54, 1.807) is 6.08 Å². The van der Waals surface area contributed by atoms with Gasteiger partial charge in [-0.15, -0.1) is 0 Å². The van der Waals surface area contributed by atoms with Gasteiger partial charge in [-0.2, -0.15) is 0 Å². The molecule has 0 radical (unpaired) electrons. The number of benzene rings is 2. The largest absolute Gasteiger partial charge is 0.289 e. The average molecular weight is 276 g/mol. The summed E-state index contributed by atoms with van der Waals surface area (Å²) in [5, 5.41) is 2.14. The van der Waals surface area contributed by atoms with E-state index in [1.807, 2.05) is 42.5 Å². The summed E-state index contributed by atoms with van der Waals surface area (Å²) in [5.41, 5.74) is 2.90. The summed E-state index contributed by atoms with van der Waals surface area (Å²) in [5.74, 6) is 0.124. The summed E-state index contributed by atoms with van der Waals surface area (Å²) in [6.07, 6.45) is 7.49. The van der Waals surface area contributed by atoms with Crippen molar-refractivity contribution in [3.63, 3.8) is 0 Å². The molecule has 0 N–H and O–H groups in total. The highest BCUT2D eigenvalue weighted by Crippen LogP contribution is 2.29. The molecule has 0 atom stereocenters. The summed E-state index contributed by atoms with van der Waals surface area (Å²) >= 11 is 0. The predicted molar refractivity (Wildman–Crippen MR) is 88.6 cm³/mol. The molecule has 1 nitrogen and oxygen atoms in total. The molecule has 106 valence electrons. The number of carbonyl (C=O) groups is 1. The highest BCUT2D eigenvalue weighted by Gasteiger charge is 2.18. The highest BCUT2D eigenvalue weighted by molar-refractivity contribution is 6.17. The number of allylic oxidation sites excluding steroid dienone is 3. The number of rotatable bonds is 3. The number of hydrogen-bond acceptors (Lipinski definition) is 1. The molecule has 2 aromatic carbocycles. The van der Waals surface area contributed by atoms with Gasteiger partial charge in [0.2, 0.25) is 0 Å². The Morgan fingerprint density at radius 1 is 0.952 bits per heavy atom. The van der Waals surface area contributed by atoms with Crippen molar-refractivity contribution >= 4 is 16.6 Å². The van der Waals surface area contributed by atoms with E-state index in [1.165, 1.54) is 24.8 Å². The summed E-state index contributed by atoms with van der Waals surface area (Å²) in [6, 6.07) is 14.0. The fourth-order valence-corrected chi connectivity index (χ4v) is 3.21. The van der Waals surface area contributed by atoms with Gasteiger partial charge in [0.25, 0.3) is 0 Å². The summed E-state index contributed by atoms with van der Waals surface area (Å²) in [6.45, 7) is 3.88. The fourth-order valence-electron chi connectivity index (χ4n) is 3.21. The Kier molecular flexibility index (Phi) is 4.01. The van der Waals surface area contributed by atoms with Gasteiger partial charge >= 0.3 is 0 Å². The number of Topliss-reactive ketones (excluding diaryl/α,β-unsaturated/α-hetero) is 1. The van der Waals surface area contributed by atoms with Crippen LogP contribution in [0.4, 0.5) is 0 Å². The summed E-state index contributed by atoms with van der Waals surface area (Å²) in [4.78, 5) is 13.0. The monoisotopic (exact) mass is 276 g/mol. The lowest BCUT2D eigenvalue weighted by molar-refractivity contribution is 0.103. The standard InChI is InChI=1S/C20H20O/c1-2-17(15-9-4-3-5-10-15)20(21)19-14-8-12-16-11-6-7-13-18(16)19/h2,6-8,11-14H,1,3-5,9-10H2. The van der Waals surface area contributed by atoms with E-state index in [-0.39, 0.29) is 5.78 Å². The van der Waals surface area contributed by atoms with Crippen molar-refractivity contribution in [1.82, 2.24) is 0 Å². The Bertz CT molecular complexity index is 708. The van der Waals surface area contributed by atoms with Crippen molar-refractivity contribution in [3.8, 4) is 0 Å². The minimum atomic E-state index is 0.124. The first-order valence-corrected chi connectivity index (χ1v) is 7.68. The zero-order chi connectivity index (χ0) is 14.7. The van der Waals surface area contributed by atoms with Crippen LogP contribution < -0.4 is 0 Å². The first-order chi connectivity index (χ1) is 10.3. The Balaban J connectivity index is 2.09. The molecular weight excluding hydrogens is 256 g/mol. The van der Waals surface area contributed by atoms with Gasteiger partial charge in [0.15, 0.2) is 5.78 Å². The van der Waals surface area contributed by atoms with E-state index in [4.69, 9.17) is 0 Å². The van der Waals surface area contributed by atoms with Crippen LogP contribution in [0.15, 0.2) is 66.3 Å². The minimum absolute atomic E-state index is 0.124. The quantitative estimate of drug-likeness (QED) is 0.536. The second kappa shape index (κ2) is 6.09. The molecule has 1 saturated carbocycles. The average Bonchev–Trinajstić information content (AvgIpc) is 2.56. The fraction of sp³-hybridized carbons (Fsp3) is 0.250. The van der Waals surface area contributed by atoms with Crippen LogP contribution in [0.5, 0.6) is 0 Å². The van der Waals surface area contributed by atoms with Gasteiger partial charge in [0.05, 0.1) is 0 Å². The molecule has 1 aliphatic carbocycles. The van der Waals surface area contributed by atoms with Crippen LogP contribution in [0.1, 0.15) is 42.5 Å². The molecule has 1 heteroatoms. The van der Waals surface area contributed by atoms with Crippen LogP contribution in [-0.2, 0) is 0 Å². The van der Waals surface area contributed by atoms with Gasteiger partial charge in [0, 0.05) is 11.1 Å². The molecule has 0 bridgehead atoms. The maximum absolute atomic E-state index is 13.0. The van der Waals surface area contributed by atoms with E-state index in [2.05, 4.69) is 6.58 Å². The third-order valence-corrected chi connectivity index (χ3v) is 4.32. The third kappa shape index (κ3) is 2.69. The van der Waals surface area contributed by atoms with Crippen molar-refractivity contribution in [2.45, 2.75) is 32.1 Å². The molecular formula is C20H20O. The number of carbonyl (C=O) groups excluding carboxylic acids is 1. The highest BCUT2D eigenvalue weighted by atomic mass is 16.1. The first-order valence-electron chi connectivity index (χ1n) is 7.68. The minimum Gasteiger partial charge on any atom is -0.289 e. The van der Waals surface area contributed by atoms with Gasteiger partial charge in [-0.3, -0.25) is 4.79 Å². The number of ketones is 1. The Morgan fingerprint density at radius 3 is 2.43 bits per heavy atom. The normalized spacial score (nSPS) is 15.0. The van der Waals surface area contributed by atoms with E-state index in [9.17, 15) is 4.79 Å². The zero-order valence-corrected chi connectivity index (χ0v) is 12.3. The SMILES string of the molecule is C=CC(C(=O)c1cccc2ccccc12)=C1CCCCC1. The zero-order valence-electron chi connectivity index (χ0n) is 12.3. The lowest BCUT2D eigenvalue weighted by atomic mass is 9.87. The predicted octanol–water partition coefficient (Wildman–Crippen LogP) is 5.47. The summed E-state index contributed by atoms with van der Waals surface area (Å²) in [7, 11) is 0. The summed E-state index contributed by atoms with van der Waals surface area (Å²) < 4.78 is 0. The van der Waals surface area contributed by atoms with Crippen molar-refractivity contribution in [2.75, 3.05) is 0 Å². The van der Waals surface area contributed by atoms with Crippen molar-refractivity contribution < 1.29 is 4.79 Å². The van der Waals surface area contributed by atoms with Crippen LogP contribution >= 0.6 is 0 Å². The van der Waals surface area contributed by atoms with Crippen LogP contribution in [0.25, 0.3) is 10.8 Å². The van der Waals surface area contributed by atoms with Gasteiger partial charge in [-0.1, -0.05) is 67.1 Å². The first kappa shape index (κ1) is 13.8. The molecule has 21 heavy (non-hydrogen) atoms. The molecule has 0 aliphatic heterocycles. The maximum atomic E-state index is 13.0. The molecule has 0 aromatic heterocycles. The van der Waals surface area contributed by atoms with Crippen LogP contribution in [0, 0.1) is 0 Å². The number of fused-ring (bicyclic) bond motifs is 1. The van der Waals surface area contributed by atoms with Gasteiger partial charge in [-0.25, -0.2) is 0 Å². The van der Waals surface area contributed by atoms with E-state index < -0.39 is 0 Å². The number of hydrogen-bond donors (Lipinski definition) is 0. The van der Waals surface area contributed by atoms with Crippen molar-refractivity contribution in [3.05, 3.63) is 71.8 Å². The second-order valence-electron chi connectivity index (χ2n) is 5.64. The van der Waals surface area contributed by atoms with Crippen molar-refractivity contribution in [1.29, 1.82) is 0 Å². The third-order valence-electron chi connectivity index (χ3n) is 4.32. The Labute approximate surface area is 126 Å². The van der Waals surface area contributed by atoms with Crippen LogP contribution in [0.3, 0.4) is 0 Å². The van der Waals surface area contributed by atoms with Gasteiger partial charge in [-0.05, 0) is 36.5 Å². The van der Waals surface area contributed by atoms with Crippen molar-refractivity contribution in [2.24, 2.45) is 0 Å². The lowest BCUT2D eigenvalue weighted by Crippen LogP contribution is -2.08. The molecule has 1 aliphatic rings. The molecule has 2 aromatic rings. The van der Waals surface area contributed by atoms with E-state index in [0.717, 1.165) is 34.8 Å². The maximum Gasteiger partial charge on any atom is 0.193 e. The smallest absolute Gasteiger partial charge is 0.193 e. The Hall–Kier alpha value is -2.15. The van der Waals surface area contributed by atoms with Crippen LogP contribution in [-0.4, -0.2) is 5.78 Å². The van der Waals surface area contributed by atoms with Gasteiger partial charge < -0.3 is 0 Å². The van der Waals surface area contributed by atoms with Crippen LogP contribution in [0.2, 0.25) is 0 Å². The molecule has 0 heterocycles. The lowest BCUT2D eigenvalue weighted by Gasteiger charge is -2.17. The molecule has 0 saturated heterocycles. The molecule has 0 unspecified atom stereocenters. The van der Waals surface area contributed by atoms with Gasteiger partial charge in [0.1, 0.15) is 0 Å². The Morgan fingerprint density at radius 2 is 1.67 bits per heavy atom. The van der Waals surface area contributed by atoms with E-state index in [0.29, 0.717) is 0 Å². The molecule has 0 amide bonds. The molecule has 1 fully saturated rings. The van der Waals surface area contributed by atoms with E-state index >= 15 is 0 Å². The molecule has 3 rings (SSSR count). The topological polar surface area (TPSA) is 17.1 Å². The second-order valence-corrected chi connectivity index (χ2v) is 5.64.